The monoisotopic (exact) mass is 348 g/mol. The van der Waals surface area contributed by atoms with Gasteiger partial charge in [0.2, 0.25) is 11.8 Å². The second-order valence-electron chi connectivity index (χ2n) is 7.28. The number of halogens is 1. The third-order valence-electron chi connectivity index (χ3n) is 5.10. The minimum Gasteiger partial charge on any atom is -0.355 e. The van der Waals surface area contributed by atoms with Crippen molar-refractivity contribution >= 4 is 11.8 Å². The summed E-state index contributed by atoms with van der Waals surface area (Å²) in [6.45, 7) is 6.47. The molecule has 0 aromatic heterocycles. The molecule has 138 valence electrons. The maximum Gasteiger partial charge on any atom is 0.237 e. The summed E-state index contributed by atoms with van der Waals surface area (Å²) in [5.41, 5.74) is -0.547. The average molecular weight is 348 g/mol. The number of piperidine rings is 1. The van der Waals surface area contributed by atoms with Gasteiger partial charge in [0.1, 0.15) is 11.2 Å². The molecular weight excluding hydrogens is 319 g/mol. The molecule has 0 aliphatic carbocycles. The maximum absolute atomic E-state index is 13.6. The van der Waals surface area contributed by atoms with Crippen LogP contribution in [0.15, 0.2) is 24.3 Å². The van der Waals surface area contributed by atoms with Crippen LogP contribution in [0, 0.1) is 11.2 Å². The summed E-state index contributed by atoms with van der Waals surface area (Å²) < 4.78 is 13.6. The van der Waals surface area contributed by atoms with E-state index in [9.17, 15) is 14.0 Å². The van der Waals surface area contributed by atoms with E-state index in [1.54, 1.807) is 32.0 Å². The number of nitrogens with zero attached hydrogens (tertiary/aromatic N) is 1. The van der Waals surface area contributed by atoms with Crippen LogP contribution < -0.4 is 5.32 Å². The molecule has 1 unspecified atom stereocenters. The van der Waals surface area contributed by atoms with E-state index in [-0.39, 0.29) is 23.7 Å². The fraction of sp³-hybridized carbons (Fsp3) is 0.600. The van der Waals surface area contributed by atoms with Gasteiger partial charge in [-0.1, -0.05) is 25.1 Å². The fourth-order valence-electron chi connectivity index (χ4n) is 3.38. The van der Waals surface area contributed by atoms with Crippen LogP contribution in [-0.2, 0) is 16.0 Å². The first-order chi connectivity index (χ1) is 11.9. The molecule has 0 bridgehead atoms. The number of likely N-dealkylation sites (tertiary alicyclic amines) is 1. The van der Waals surface area contributed by atoms with Gasteiger partial charge in [-0.3, -0.25) is 9.59 Å². The Morgan fingerprint density at radius 1 is 1.28 bits per heavy atom. The van der Waals surface area contributed by atoms with Crippen LogP contribution in [0.1, 0.15) is 52.0 Å². The molecule has 1 aromatic rings. The van der Waals surface area contributed by atoms with Gasteiger partial charge in [0, 0.05) is 19.1 Å². The van der Waals surface area contributed by atoms with Crippen molar-refractivity contribution in [2.45, 2.75) is 58.9 Å². The van der Waals surface area contributed by atoms with Crippen LogP contribution in [0.2, 0.25) is 0 Å². The van der Waals surface area contributed by atoms with Gasteiger partial charge in [0.05, 0.1) is 0 Å². The molecule has 25 heavy (non-hydrogen) atoms. The molecule has 1 aliphatic rings. The number of carbonyl (C=O) groups excluding carboxylic acids is 2. The molecule has 0 radical (unpaired) electrons. The number of hydrogen-bond donors (Lipinski definition) is 1. The molecule has 1 atom stereocenters. The van der Waals surface area contributed by atoms with E-state index in [2.05, 4.69) is 12.2 Å². The lowest BCUT2D eigenvalue weighted by Crippen LogP contribution is -2.54. The van der Waals surface area contributed by atoms with Gasteiger partial charge in [-0.15, -0.1) is 0 Å². The van der Waals surface area contributed by atoms with Crippen molar-refractivity contribution < 1.29 is 14.0 Å². The summed E-state index contributed by atoms with van der Waals surface area (Å²) in [5, 5.41) is 2.80. The Morgan fingerprint density at radius 3 is 2.68 bits per heavy atom. The number of carbonyl (C=O) groups is 2. The van der Waals surface area contributed by atoms with E-state index >= 15 is 0 Å². The van der Waals surface area contributed by atoms with Crippen molar-refractivity contribution in [1.82, 2.24) is 10.2 Å². The summed E-state index contributed by atoms with van der Waals surface area (Å²) in [4.78, 5) is 27.4. The van der Waals surface area contributed by atoms with Gasteiger partial charge in [0.15, 0.2) is 0 Å². The highest BCUT2D eigenvalue weighted by Crippen LogP contribution is 2.27. The van der Waals surface area contributed by atoms with Gasteiger partial charge in [-0.25, -0.2) is 4.39 Å². The molecule has 1 N–H and O–H groups in total. The lowest BCUT2D eigenvalue weighted by atomic mass is 9.87. The first-order valence-electron chi connectivity index (χ1n) is 9.20. The highest BCUT2D eigenvalue weighted by Gasteiger charge is 2.41. The minimum absolute atomic E-state index is 0.109. The van der Waals surface area contributed by atoms with Crippen molar-refractivity contribution in [3.05, 3.63) is 35.6 Å². The van der Waals surface area contributed by atoms with Crippen LogP contribution in [0.5, 0.6) is 0 Å². The van der Waals surface area contributed by atoms with Crippen molar-refractivity contribution in [2.75, 3.05) is 13.1 Å². The van der Waals surface area contributed by atoms with E-state index in [0.717, 1.165) is 32.2 Å². The SMILES string of the molecule is CCC1CCCCN1C(=O)C(C)(C)C(=O)NCCc1ccccc1F. The molecule has 2 rings (SSSR count). The number of nitrogens with one attached hydrogen (secondary N) is 1. The molecule has 1 heterocycles. The predicted molar refractivity (Wildman–Crippen MR) is 96.5 cm³/mol. The molecule has 0 spiro atoms. The molecule has 5 heteroatoms. The Morgan fingerprint density at radius 2 is 2.00 bits per heavy atom. The van der Waals surface area contributed by atoms with Gasteiger partial charge in [0.25, 0.3) is 0 Å². The molecule has 0 saturated carbocycles. The minimum atomic E-state index is -1.11. The third kappa shape index (κ3) is 4.59. The second kappa shape index (κ2) is 8.45. The Kier molecular flexibility index (Phi) is 6.57. The van der Waals surface area contributed by atoms with Gasteiger partial charge in [-0.05, 0) is 57.6 Å². The van der Waals surface area contributed by atoms with Gasteiger partial charge < -0.3 is 10.2 Å². The quantitative estimate of drug-likeness (QED) is 0.802. The summed E-state index contributed by atoms with van der Waals surface area (Å²) >= 11 is 0. The van der Waals surface area contributed by atoms with Crippen molar-refractivity contribution in [3.63, 3.8) is 0 Å². The van der Waals surface area contributed by atoms with Gasteiger partial charge in [-0.2, -0.15) is 0 Å². The van der Waals surface area contributed by atoms with Crippen molar-refractivity contribution in [3.8, 4) is 0 Å². The highest BCUT2D eigenvalue weighted by atomic mass is 19.1. The van der Waals surface area contributed by atoms with Crippen LogP contribution in [0.25, 0.3) is 0 Å². The molecule has 2 amide bonds. The molecule has 1 saturated heterocycles. The summed E-state index contributed by atoms with van der Waals surface area (Å²) in [5.74, 6) is -0.678. The number of hydrogen-bond acceptors (Lipinski definition) is 2. The smallest absolute Gasteiger partial charge is 0.237 e. The van der Waals surface area contributed by atoms with Crippen LogP contribution in [-0.4, -0.2) is 35.8 Å². The normalized spacial score (nSPS) is 18.1. The number of amides is 2. The van der Waals surface area contributed by atoms with Gasteiger partial charge >= 0.3 is 0 Å². The average Bonchev–Trinajstić information content (AvgIpc) is 2.62. The zero-order chi connectivity index (χ0) is 18.4. The topological polar surface area (TPSA) is 49.4 Å². The molecule has 4 nitrogen and oxygen atoms in total. The first-order valence-corrected chi connectivity index (χ1v) is 9.20. The summed E-state index contributed by atoms with van der Waals surface area (Å²) in [6, 6.07) is 6.76. The van der Waals surface area contributed by atoms with E-state index in [0.29, 0.717) is 18.5 Å². The Balaban J connectivity index is 1.94. The maximum atomic E-state index is 13.6. The predicted octanol–water partition coefficient (Wildman–Crippen LogP) is 3.30. The van der Waals surface area contributed by atoms with Crippen LogP contribution >= 0.6 is 0 Å². The van der Waals surface area contributed by atoms with Crippen LogP contribution in [0.3, 0.4) is 0 Å². The molecule has 1 aliphatic heterocycles. The first kappa shape index (κ1) is 19.4. The molecular formula is C20H29FN2O2. The molecule has 1 aromatic carbocycles. The van der Waals surface area contributed by atoms with E-state index < -0.39 is 5.41 Å². The Hall–Kier alpha value is -1.91. The largest absolute Gasteiger partial charge is 0.355 e. The Labute approximate surface area is 149 Å². The standard InChI is InChI=1S/C20H29FN2O2/c1-4-16-10-7-8-14-23(16)19(25)20(2,3)18(24)22-13-12-15-9-5-6-11-17(15)21/h5-6,9,11,16H,4,7-8,10,12-14H2,1-3H3,(H,22,24). The van der Waals surface area contributed by atoms with Crippen molar-refractivity contribution in [1.29, 1.82) is 0 Å². The fourth-order valence-corrected chi connectivity index (χ4v) is 3.38. The summed E-state index contributed by atoms with van der Waals surface area (Å²) in [6.07, 6.45) is 4.46. The summed E-state index contributed by atoms with van der Waals surface area (Å²) in [7, 11) is 0. The lowest BCUT2D eigenvalue weighted by molar-refractivity contribution is -0.151. The van der Waals surface area contributed by atoms with E-state index in [1.165, 1.54) is 6.07 Å². The second-order valence-corrected chi connectivity index (χ2v) is 7.28. The lowest BCUT2D eigenvalue weighted by Gasteiger charge is -2.39. The van der Waals surface area contributed by atoms with Crippen molar-refractivity contribution in [2.24, 2.45) is 5.41 Å². The third-order valence-corrected chi connectivity index (χ3v) is 5.10. The molecule has 1 fully saturated rings. The zero-order valence-electron chi connectivity index (χ0n) is 15.5. The zero-order valence-corrected chi connectivity index (χ0v) is 15.5. The Bertz CT molecular complexity index is 615. The van der Waals surface area contributed by atoms with E-state index in [1.807, 2.05) is 4.90 Å². The number of rotatable bonds is 6. The number of benzene rings is 1. The van der Waals surface area contributed by atoms with Crippen LogP contribution in [0.4, 0.5) is 4.39 Å². The van der Waals surface area contributed by atoms with E-state index in [4.69, 9.17) is 0 Å². The highest BCUT2D eigenvalue weighted by molar-refractivity contribution is 6.04.